The van der Waals surface area contributed by atoms with E-state index >= 15 is 4.39 Å². The van der Waals surface area contributed by atoms with Gasteiger partial charge in [0, 0.05) is 43.1 Å². The first-order valence-corrected chi connectivity index (χ1v) is 10.5. The van der Waals surface area contributed by atoms with Crippen molar-refractivity contribution in [3.8, 4) is 5.75 Å². The van der Waals surface area contributed by atoms with Crippen molar-refractivity contribution >= 4 is 28.5 Å². The molecule has 1 aliphatic carbocycles. The van der Waals surface area contributed by atoms with E-state index in [0.717, 1.165) is 12.8 Å². The number of fused-ring (bicyclic) bond motifs is 2. The molecule has 9 heteroatoms. The van der Waals surface area contributed by atoms with E-state index in [1.54, 1.807) is 13.0 Å². The van der Waals surface area contributed by atoms with Crippen molar-refractivity contribution in [1.82, 2.24) is 9.47 Å². The fraction of sp³-hybridized carbons (Fsp3) is 0.500. The number of likely N-dealkylation sites (tertiary alicyclic amines) is 1. The van der Waals surface area contributed by atoms with Crippen LogP contribution in [0.2, 0.25) is 0 Å². The van der Waals surface area contributed by atoms with Crippen molar-refractivity contribution in [3.05, 3.63) is 33.9 Å². The summed E-state index contributed by atoms with van der Waals surface area (Å²) in [6.07, 6.45) is 2.15. The van der Waals surface area contributed by atoms with E-state index in [-0.39, 0.29) is 40.5 Å². The Labute approximate surface area is 177 Å². The molecule has 3 heterocycles. The molecule has 3 aliphatic rings. The maximum absolute atomic E-state index is 15.5. The van der Waals surface area contributed by atoms with Gasteiger partial charge >= 0.3 is 6.16 Å². The van der Waals surface area contributed by atoms with Crippen LogP contribution in [-0.4, -0.2) is 59.2 Å². The molecule has 164 valence electrons. The molecule has 2 unspecified atom stereocenters. The molecule has 1 saturated carbocycles. The summed E-state index contributed by atoms with van der Waals surface area (Å²) >= 11 is 0. The van der Waals surface area contributed by atoms with E-state index in [1.807, 2.05) is 21.4 Å². The monoisotopic (exact) mass is 429 g/mol. The van der Waals surface area contributed by atoms with E-state index in [2.05, 4.69) is 0 Å². The van der Waals surface area contributed by atoms with E-state index in [1.165, 1.54) is 6.20 Å². The summed E-state index contributed by atoms with van der Waals surface area (Å²) in [7, 11) is 1.93. The number of ether oxygens (including phenoxy) is 1. The highest BCUT2D eigenvalue weighted by Crippen LogP contribution is 2.41. The molecular weight excluding hydrogens is 405 g/mol. The molecule has 31 heavy (non-hydrogen) atoms. The van der Waals surface area contributed by atoms with Gasteiger partial charge in [-0.25, -0.2) is 9.18 Å². The summed E-state index contributed by atoms with van der Waals surface area (Å²) < 4.78 is 22.1. The summed E-state index contributed by atoms with van der Waals surface area (Å²) in [5, 5.41) is 9.13. The van der Waals surface area contributed by atoms with Crippen molar-refractivity contribution in [1.29, 1.82) is 0 Å². The van der Waals surface area contributed by atoms with Crippen molar-refractivity contribution in [2.75, 3.05) is 31.6 Å². The van der Waals surface area contributed by atoms with Crippen molar-refractivity contribution in [2.45, 2.75) is 38.3 Å². The van der Waals surface area contributed by atoms with Gasteiger partial charge in [-0.1, -0.05) is 0 Å². The van der Waals surface area contributed by atoms with Gasteiger partial charge in [-0.05, 0) is 32.9 Å². The largest absolute Gasteiger partial charge is 0.511 e. The molecule has 2 saturated heterocycles. The van der Waals surface area contributed by atoms with Gasteiger partial charge in [-0.3, -0.25) is 14.5 Å². The van der Waals surface area contributed by atoms with E-state index in [4.69, 9.17) is 9.84 Å². The Bertz CT molecular complexity index is 1170. The third kappa shape index (κ3) is 3.27. The molecule has 2 atom stereocenters. The molecule has 1 aromatic heterocycles. The molecule has 5 rings (SSSR count). The maximum atomic E-state index is 15.5. The molecule has 8 nitrogen and oxygen atoms in total. The number of carbonyl (C=O) groups is 2. The lowest BCUT2D eigenvalue weighted by atomic mass is 9.92. The molecule has 2 aromatic rings. The number of ketones is 1. The summed E-state index contributed by atoms with van der Waals surface area (Å²) in [6, 6.07) is 2.01. The fourth-order valence-corrected chi connectivity index (χ4v) is 5.18. The molecule has 1 N–H and O–H groups in total. The highest BCUT2D eigenvalue weighted by molar-refractivity contribution is 5.88. The van der Waals surface area contributed by atoms with Gasteiger partial charge in [0.1, 0.15) is 11.6 Å². The third-order valence-corrected chi connectivity index (χ3v) is 6.81. The zero-order valence-corrected chi connectivity index (χ0v) is 17.4. The molecule has 0 bridgehead atoms. The van der Waals surface area contributed by atoms with Gasteiger partial charge in [0.25, 0.3) is 0 Å². The van der Waals surface area contributed by atoms with Gasteiger partial charge in [0.15, 0.2) is 5.75 Å². The number of nitrogens with zero attached hydrogens (tertiary/aromatic N) is 3. The van der Waals surface area contributed by atoms with Crippen LogP contribution in [0.5, 0.6) is 5.75 Å². The van der Waals surface area contributed by atoms with Gasteiger partial charge < -0.3 is 19.3 Å². The second kappa shape index (κ2) is 7.05. The number of carboxylic acid groups (broad SMARTS) is 1. The first-order chi connectivity index (χ1) is 14.7. The number of piperidine rings is 1. The average molecular weight is 429 g/mol. The number of Topliss-reactive ketones (excluding diaryl/α,β-unsaturated/α-hetero) is 1. The molecule has 3 fully saturated rings. The predicted molar refractivity (Wildman–Crippen MR) is 112 cm³/mol. The first kappa shape index (κ1) is 20.0. The SMILES string of the molecule is Cc1c(F)c(N2CC3CC(=O)CN(C)C3C2)cc2c1c(=O)c(OC(=O)O)cn2C1CC1. The van der Waals surface area contributed by atoms with Crippen LogP contribution in [0, 0.1) is 18.7 Å². The Morgan fingerprint density at radius 1 is 1.26 bits per heavy atom. The van der Waals surface area contributed by atoms with Crippen LogP contribution >= 0.6 is 0 Å². The number of likely N-dealkylation sites (N-methyl/N-ethyl adjacent to an activating group) is 1. The fourth-order valence-electron chi connectivity index (χ4n) is 5.18. The minimum absolute atomic E-state index is 0.127. The third-order valence-electron chi connectivity index (χ3n) is 6.81. The van der Waals surface area contributed by atoms with Crippen LogP contribution in [0.3, 0.4) is 0 Å². The minimum Gasteiger partial charge on any atom is -0.449 e. The Hall–Kier alpha value is -2.94. The van der Waals surface area contributed by atoms with Gasteiger partial charge in [0.05, 0.1) is 29.3 Å². The van der Waals surface area contributed by atoms with E-state index < -0.39 is 17.4 Å². The van der Waals surface area contributed by atoms with Crippen LogP contribution in [-0.2, 0) is 4.79 Å². The first-order valence-electron chi connectivity index (χ1n) is 10.5. The Morgan fingerprint density at radius 2 is 2.00 bits per heavy atom. The number of benzene rings is 1. The van der Waals surface area contributed by atoms with Gasteiger partial charge in [-0.15, -0.1) is 0 Å². The lowest BCUT2D eigenvalue weighted by Gasteiger charge is -2.32. The lowest BCUT2D eigenvalue weighted by Crippen LogP contribution is -2.46. The summed E-state index contributed by atoms with van der Waals surface area (Å²) in [6.45, 7) is 3.16. The van der Waals surface area contributed by atoms with Crippen molar-refractivity contribution < 1.29 is 23.8 Å². The van der Waals surface area contributed by atoms with Crippen LogP contribution in [0.25, 0.3) is 10.9 Å². The second-order valence-electron chi connectivity index (χ2n) is 8.95. The van der Waals surface area contributed by atoms with Crippen molar-refractivity contribution in [3.63, 3.8) is 0 Å². The number of hydrogen-bond acceptors (Lipinski definition) is 6. The molecule has 0 spiro atoms. The smallest absolute Gasteiger partial charge is 0.449 e. The zero-order chi connectivity index (χ0) is 22.0. The molecule has 0 radical (unpaired) electrons. The van der Waals surface area contributed by atoms with Crippen LogP contribution < -0.4 is 15.1 Å². The predicted octanol–water partition coefficient (Wildman–Crippen LogP) is 2.55. The highest BCUT2D eigenvalue weighted by Gasteiger charge is 2.41. The molecule has 1 aromatic carbocycles. The van der Waals surface area contributed by atoms with Gasteiger partial charge in [0.2, 0.25) is 5.43 Å². The standard InChI is InChI=1S/C22H24FN3O5/c1-11-19-15(26(13-3-4-13)10-18(21(19)28)31-22(29)30)6-16(20(11)23)25-7-12-5-14(27)8-24(2)17(12)9-25/h6,10,12-13,17H,3-5,7-9H2,1-2H3,(H,29,30). The van der Waals surface area contributed by atoms with Crippen LogP contribution in [0.1, 0.15) is 30.9 Å². The summed E-state index contributed by atoms with van der Waals surface area (Å²) in [4.78, 5) is 40.0. The van der Waals surface area contributed by atoms with Gasteiger partial charge in [-0.2, -0.15) is 0 Å². The Kier molecular flexibility index (Phi) is 4.55. The summed E-state index contributed by atoms with van der Waals surface area (Å²) in [5.41, 5.74) is 0.555. The topological polar surface area (TPSA) is 92.1 Å². The number of carbonyl (C=O) groups excluding carboxylic acids is 1. The number of hydrogen-bond donors (Lipinski definition) is 1. The van der Waals surface area contributed by atoms with Crippen molar-refractivity contribution in [2.24, 2.45) is 5.92 Å². The highest BCUT2D eigenvalue weighted by atomic mass is 19.1. The van der Waals surface area contributed by atoms with Crippen LogP contribution in [0.15, 0.2) is 17.1 Å². The molecular formula is C22H24FN3O5. The number of anilines is 1. The van der Waals surface area contributed by atoms with Crippen LogP contribution in [0.4, 0.5) is 14.9 Å². The molecule has 0 amide bonds. The van der Waals surface area contributed by atoms with E-state index in [0.29, 0.717) is 37.3 Å². The number of aryl methyl sites for hydroxylation is 1. The average Bonchev–Trinajstić information content (AvgIpc) is 3.45. The Morgan fingerprint density at radius 3 is 2.68 bits per heavy atom. The maximum Gasteiger partial charge on any atom is 0.511 e. The van der Waals surface area contributed by atoms with E-state index in [9.17, 15) is 14.4 Å². The Balaban J connectivity index is 1.64. The number of halogens is 1. The quantitative estimate of drug-likeness (QED) is 0.750. The second-order valence-corrected chi connectivity index (χ2v) is 8.95. The zero-order valence-electron chi connectivity index (χ0n) is 17.4. The molecule has 2 aliphatic heterocycles. The number of rotatable bonds is 3. The summed E-state index contributed by atoms with van der Waals surface area (Å²) in [5.74, 6) is -0.450. The number of pyridine rings is 1. The normalized spacial score (nSPS) is 24.0. The minimum atomic E-state index is -1.58. The number of aromatic nitrogens is 1. The lowest BCUT2D eigenvalue weighted by molar-refractivity contribution is -0.124.